The molecule has 7 nitrogen and oxygen atoms in total. The lowest BCUT2D eigenvalue weighted by Crippen LogP contribution is -2.49. The van der Waals surface area contributed by atoms with Crippen LogP contribution in [0.5, 0.6) is 0 Å². The Balaban J connectivity index is 1.66. The summed E-state index contributed by atoms with van der Waals surface area (Å²) in [4.78, 5) is 32.6. The lowest BCUT2D eigenvalue weighted by molar-refractivity contribution is 0.102. The van der Waals surface area contributed by atoms with E-state index in [9.17, 15) is 9.59 Å². The first-order valence-corrected chi connectivity index (χ1v) is 9.64. The fourth-order valence-corrected chi connectivity index (χ4v) is 3.24. The minimum atomic E-state index is -0.272. The van der Waals surface area contributed by atoms with Crippen molar-refractivity contribution in [3.05, 3.63) is 53.9 Å². The molecule has 0 aliphatic carbocycles. The normalized spacial score (nSPS) is 13.9. The molecule has 0 spiro atoms. The quantitative estimate of drug-likeness (QED) is 0.860. The van der Waals surface area contributed by atoms with Gasteiger partial charge in [0, 0.05) is 43.8 Å². The highest BCUT2D eigenvalue weighted by Gasteiger charge is 2.22. The van der Waals surface area contributed by atoms with E-state index in [1.165, 1.54) is 0 Å². The number of aryl methyl sites for hydroxylation is 1. The van der Waals surface area contributed by atoms with Crippen LogP contribution in [-0.4, -0.2) is 54.7 Å². The Morgan fingerprint density at radius 1 is 1.11 bits per heavy atom. The predicted molar refractivity (Wildman–Crippen MR) is 109 cm³/mol. The number of anilines is 2. The van der Waals surface area contributed by atoms with Gasteiger partial charge >= 0.3 is 6.09 Å². The molecule has 1 aliphatic heterocycles. The standard InChI is InChI=1S/C21H26N4O3/c1-3-16-7-5-6-8-18(16)23-20(26)19-15-17(9-10-22-19)24-11-13-25(14-12-24)21(27)28-4-2/h5-10,15H,3-4,11-14H2,1-2H3,(H,23,26). The number of carbonyl (C=O) groups is 2. The van der Waals surface area contributed by atoms with Crippen molar-refractivity contribution in [1.29, 1.82) is 0 Å². The van der Waals surface area contributed by atoms with Crippen molar-refractivity contribution in [2.24, 2.45) is 0 Å². The number of nitrogens with one attached hydrogen (secondary N) is 1. The SMILES string of the molecule is CCOC(=O)N1CCN(c2ccnc(C(=O)Nc3ccccc3CC)c2)CC1. The van der Waals surface area contributed by atoms with Gasteiger partial charge < -0.3 is 19.9 Å². The van der Waals surface area contributed by atoms with Crippen molar-refractivity contribution < 1.29 is 14.3 Å². The Bertz CT molecular complexity index is 832. The van der Waals surface area contributed by atoms with Crippen molar-refractivity contribution in [3.63, 3.8) is 0 Å². The lowest BCUT2D eigenvalue weighted by Gasteiger charge is -2.35. The zero-order valence-corrected chi connectivity index (χ0v) is 16.4. The van der Waals surface area contributed by atoms with Gasteiger partial charge in [-0.1, -0.05) is 25.1 Å². The van der Waals surface area contributed by atoms with Crippen LogP contribution in [-0.2, 0) is 11.2 Å². The maximum absolute atomic E-state index is 12.7. The summed E-state index contributed by atoms with van der Waals surface area (Å²) in [5.74, 6) is -0.229. The third-order valence-corrected chi connectivity index (χ3v) is 4.79. The fraction of sp³-hybridized carbons (Fsp3) is 0.381. The highest BCUT2D eigenvalue weighted by molar-refractivity contribution is 6.03. The van der Waals surface area contributed by atoms with E-state index in [2.05, 4.69) is 22.1 Å². The summed E-state index contributed by atoms with van der Waals surface area (Å²) in [5, 5.41) is 2.95. The van der Waals surface area contributed by atoms with Crippen molar-refractivity contribution in [1.82, 2.24) is 9.88 Å². The minimum Gasteiger partial charge on any atom is -0.450 e. The Hall–Kier alpha value is -3.09. The molecule has 2 heterocycles. The molecule has 28 heavy (non-hydrogen) atoms. The van der Waals surface area contributed by atoms with Crippen LogP contribution >= 0.6 is 0 Å². The molecule has 0 unspecified atom stereocenters. The molecule has 7 heteroatoms. The van der Waals surface area contributed by atoms with Crippen LogP contribution in [0.25, 0.3) is 0 Å². The number of ether oxygens (including phenoxy) is 1. The monoisotopic (exact) mass is 382 g/mol. The van der Waals surface area contributed by atoms with Crippen LogP contribution in [0.2, 0.25) is 0 Å². The Morgan fingerprint density at radius 3 is 2.57 bits per heavy atom. The second-order valence-corrected chi connectivity index (χ2v) is 6.54. The van der Waals surface area contributed by atoms with E-state index < -0.39 is 0 Å². The molecule has 0 bridgehead atoms. The summed E-state index contributed by atoms with van der Waals surface area (Å²) in [6.07, 6.45) is 2.22. The van der Waals surface area contributed by atoms with E-state index >= 15 is 0 Å². The summed E-state index contributed by atoms with van der Waals surface area (Å²) < 4.78 is 5.05. The average molecular weight is 382 g/mol. The fourth-order valence-electron chi connectivity index (χ4n) is 3.24. The molecule has 3 rings (SSSR count). The number of pyridine rings is 1. The largest absolute Gasteiger partial charge is 0.450 e. The number of benzene rings is 1. The van der Waals surface area contributed by atoms with Crippen molar-refractivity contribution in [3.8, 4) is 0 Å². The zero-order valence-electron chi connectivity index (χ0n) is 16.4. The van der Waals surface area contributed by atoms with Crippen LogP contribution in [0.3, 0.4) is 0 Å². The molecule has 2 aromatic rings. The molecular formula is C21H26N4O3. The van der Waals surface area contributed by atoms with Crippen molar-refractivity contribution in [2.75, 3.05) is 43.0 Å². The van der Waals surface area contributed by atoms with Crippen molar-refractivity contribution in [2.45, 2.75) is 20.3 Å². The average Bonchev–Trinajstić information content (AvgIpc) is 2.74. The van der Waals surface area contributed by atoms with Crippen LogP contribution in [0.1, 0.15) is 29.9 Å². The highest BCUT2D eigenvalue weighted by Crippen LogP contribution is 2.20. The van der Waals surface area contributed by atoms with Gasteiger partial charge in [0.2, 0.25) is 0 Å². The summed E-state index contributed by atoms with van der Waals surface area (Å²) in [7, 11) is 0. The molecule has 1 aromatic carbocycles. The van der Waals surface area contributed by atoms with E-state index in [0.29, 0.717) is 38.5 Å². The Labute approximate surface area is 165 Å². The third-order valence-electron chi connectivity index (χ3n) is 4.79. The molecule has 0 radical (unpaired) electrons. The third kappa shape index (κ3) is 4.60. The number of para-hydroxylation sites is 1. The highest BCUT2D eigenvalue weighted by atomic mass is 16.6. The number of nitrogens with zero attached hydrogens (tertiary/aromatic N) is 3. The van der Waals surface area contributed by atoms with Gasteiger partial charge in [0.05, 0.1) is 6.61 Å². The summed E-state index contributed by atoms with van der Waals surface area (Å²) in [6, 6.07) is 11.4. The van der Waals surface area contributed by atoms with Gasteiger partial charge in [-0.2, -0.15) is 0 Å². The molecule has 2 amide bonds. The first-order valence-electron chi connectivity index (χ1n) is 9.64. The lowest BCUT2D eigenvalue weighted by atomic mass is 10.1. The number of amides is 2. The Kier molecular flexibility index (Phi) is 6.47. The topological polar surface area (TPSA) is 74.8 Å². The second-order valence-electron chi connectivity index (χ2n) is 6.54. The number of aromatic nitrogens is 1. The van der Waals surface area contributed by atoms with Crippen LogP contribution in [0, 0.1) is 0 Å². The number of hydrogen-bond donors (Lipinski definition) is 1. The first-order chi connectivity index (χ1) is 13.6. The Morgan fingerprint density at radius 2 is 1.86 bits per heavy atom. The molecule has 1 N–H and O–H groups in total. The van der Waals surface area contributed by atoms with E-state index in [0.717, 1.165) is 23.4 Å². The first kappa shape index (κ1) is 19.7. The number of carbonyl (C=O) groups excluding carboxylic acids is 2. The van der Waals surface area contributed by atoms with Gasteiger partial charge in [0.15, 0.2) is 0 Å². The van der Waals surface area contributed by atoms with Crippen molar-refractivity contribution >= 4 is 23.4 Å². The van der Waals surface area contributed by atoms with E-state index in [1.807, 2.05) is 30.3 Å². The molecule has 148 valence electrons. The van der Waals surface area contributed by atoms with Gasteiger partial charge in [-0.15, -0.1) is 0 Å². The van der Waals surface area contributed by atoms with Gasteiger partial charge in [-0.05, 0) is 37.1 Å². The maximum Gasteiger partial charge on any atom is 0.409 e. The van der Waals surface area contributed by atoms with Gasteiger partial charge in [0.1, 0.15) is 5.69 Å². The molecule has 1 saturated heterocycles. The summed E-state index contributed by atoms with van der Waals surface area (Å²) in [5.41, 5.74) is 3.19. The van der Waals surface area contributed by atoms with E-state index in [-0.39, 0.29) is 12.0 Å². The predicted octanol–water partition coefficient (Wildman–Crippen LogP) is 3.17. The minimum absolute atomic E-state index is 0.229. The van der Waals surface area contributed by atoms with Crippen LogP contribution in [0.4, 0.5) is 16.2 Å². The number of piperazine rings is 1. The molecule has 1 aliphatic rings. The molecule has 1 fully saturated rings. The van der Waals surface area contributed by atoms with E-state index in [1.54, 1.807) is 24.1 Å². The smallest absolute Gasteiger partial charge is 0.409 e. The molecule has 0 saturated carbocycles. The number of hydrogen-bond acceptors (Lipinski definition) is 5. The number of rotatable bonds is 5. The van der Waals surface area contributed by atoms with Gasteiger partial charge in [-0.25, -0.2) is 4.79 Å². The van der Waals surface area contributed by atoms with Crippen LogP contribution < -0.4 is 10.2 Å². The van der Waals surface area contributed by atoms with Crippen LogP contribution in [0.15, 0.2) is 42.6 Å². The summed E-state index contributed by atoms with van der Waals surface area (Å²) >= 11 is 0. The van der Waals surface area contributed by atoms with Gasteiger partial charge in [-0.3, -0.25) is 9.78 Å². The maximum atomic E-state index is 12.7. The summed E-state index contributed by atoms with van der Waals surface area (Å²) in [6.45, 7) is 6.78. The molecule has 1 aromatic heterocycles. The molecular weight excluding hydrogens is 356 g/mol. The zero-order chi connectivity index (χ0) is 19.9. The molecule has 0 atom stereocenters. The van der Waals surface area contributed by atoms with E-state index in [4.69, 9.17) is 4.74 Å². The van der Waals surface area contributed by atoms with Gasteiger partial charge in [0.25, 0.3) is 5.91 Å². The second kappa shape index (κ2) is 9.21.